The van der Waals surface area contributed by atoms with Gasteiger partial charge in [0.05, 0.1) is 24.2 Å². The first-order chi connectivity index (χ1) is 13.4. The van der Waals surface area contributed by atoms with Crippen LogP contribution in [0.1, 0.15) is 0 Å². The molecule has 6 rings (SSSR count). The fraction of sp³-hybridized carbons (Fsp3) is 0. The third-order valence-corrected chi connectivity index (χ3v) is 3.85. The van der Waals surface area contributed by atoms with Gasteiger partial charge in [0.25, 0.3) is 0 Å². The lowest BCUT2D eigenvalue weighted by Gasteiger charge is -1.81. The maximum absolute atomic E-state index is 5.12. The summed E-state index contributed by atoms with van der Waals surface area (Å²) in [6.07, 6.45) is 8.17. The lowest BCUT2D eigenvalue weighted by Crippen LogP contribution is -1.72. The van der Waals surface area contributed by atoms with E-state index in [2.05, 4.69) is 9.97 Å². The van der Waals surface area contributed by atoms with Crippen LogP contribution in [0.5, 0.6) is 0 Å². The molecule has 0 unspecified atom stereocenters. The molecule has 132 valence electrons. The van der Waals surface area contributed by atoms with Gasteiger partial charge in [-0.2, -0.15) is 0 Å². The molecule has 0 saturated carbocycles. The molecular weight excluding hydrogens is 340 g/mol. The molecule has 0 bridgehead atoms. The summed E-state index contributed by atoms with van der Waals surface area (Å²) in [5.41, 5.74) is 2.56. The van der Waals surface area contributed by atoms with Gasteiger partial charge < -0.3 is 13.3 Å². The van der Waals surface area contributed by atoms with Crippen molar-refractivity contribution in [2.75, 3.05) is 0 Å². The van der Waals surface area contributed by atoms with Crippen LogP contribution in [0, 0.1) is 0 Å². The summed E-state index contributed by atoms with van der Waals surface area (Å²) >= 11 is 0. The Hall–Kier alpha value is -3.86. The number of para-hydroxylation sites is 2. The van der Waals surface area contributed by atoms with E-state index in [4.69, 9.17) is 13.3 Å². The molecule has 0 aliphatic heterocycles. The van der Waals surface area contributed by atoms with E-state index in [1.165, 1.54) is 6.33 Å². The van der Waals surface area contributed by atoms with E-state index in [1.807, 2.05) is 66.7 Å². The predicted molar refractivity (Wildman–Crippen MR) is 104 cm³/mol. The Morgan fingerprint density at radius 2 is 1.11 bits per heavy atom. The second-order valence-electron chi connectivity index (χ2n) is 5.62. The smallest absolute Gasteiger partial charge is 0.228 e. The Bertz CT molecular complexity index is 1000. The van der Waals surface area contributed by atoms with Crippen LogP contribution in [0.4, 0.5) is 0 Å². The van der Waals surface area contributed by atoms with Crippen molar-refractivity contribution in [2.45, 2.75) is 0 Å². The van der Waals surface area contributed by atoms with Crippen molar-refractivity contribution in [3.63, 3.8) is 0 Å². The Morgan fingerprint density at radius 1 is 0.556 bits per heavy atom. The lowest BCUT2D eigenvalue weighted by molar-refractivity contribution is 0.602. The Kier molecular flexibility index (Phi) is 4.93. The van der Waals surface area contributed by atoms with Crippen molar-refractivity contribution >= 4 is 33.0 Å². The highest BCUT2D eigenvalue weighted by atomic mass is 16.3. The average molecular weight is 356 g/mol. The Labute approximate surface area is 154 Å². The van der Waals surface area contributed by atoms with Crippen LogP contribution in [-0.2, 0) is 0 Å². The Balaban J connectivity index is 0.0000001000. The van der Waals surface area contributed by atoms with E-state index >= 15 is 0 Å². The van der Waals surface area contributed by atoms with Gasteiger partial charge in [-0.15, -0.1) is 0 Å². The van der Waals surface area contributed by atoms with Gasteiger partial charge in [0.1, 0.15) is 17.5 Å². The third kappa shape index (κ3) is 4.04. The third-order valence-electron chi connectivity index (χ3n) is 3.85. The molecule has 0 amide bonds. The molecule has 0 fully saturated rings. The van der Waals surface area contributed by atoms with E-state index in [0.717, 1.165) is 27.3 Å². The summed E-state index contributed by atoms with van der Waals surface area (Å²) in [4.78, 5) is 7.68. The fourth-order valence-corrected chi connectivity index (χ4v) is 2.53. The number of furan rings is 3. The number of nitrogens with zero attached hydrogens (tertiary/aromatic N) is 2. The van der Waals surface area contributed by atoms with Gasteiger partial charge in [-0.3, -0.25) is 0 Å². The van der Waals surface area contributed by atoms with Gasteiger partial charge in [-0.25, -0.2) is 9.97 Å². The summed E-state index contributed by atoms with van der Waals surface area (Å²) in [5.74, 6) is 0. The van der Waals surface area contributed by atoms with Crippen LogP contribution in [0.25, 0.3) is 33.0 Å². The summed E-state index contributed by atoms with van der Waals surface area (Å²) in [5, 5.41) is 3.27. The van der Waals surface area contributed by atoms with Gasteiger partial charge >= 0.3 is 0 Å². The molecule has 5 heteroatoms. The molecule has 0 atom stereocenters. The highest BCUT2D eigenvalue weighted by Crippen LogP contribution is 2.13. The topological polar surface area (TPSA) is 65.2 Å². The molecule has 0 spiro atoms. The first-order valence-electron chi connectivity index (χ1n) is 8.38. The van der Waals surface area contributed by atoms with E-state index in [0.29, 0.717) is 5.71 Å². The zero-order valence-corrected chi connectivity index (χ0v) is 14.4. The van der Waals surface area contributed by atoms with Gasteiger partial charge in [0, 0.05) is 17.0 Å². The van der Waals surface area contributed by atoms with Crippen molar-refractivity contribution in [2.24, 2.45) is 0 Å². The van der Waals surface area contributed by atoms with Gasteiger partial charge in [0.15, 0.2) is 0 Å². The molecule has 0 aliphatic carbocycles. The quantitative estimate of drug-likeness (QED) is 0.329. The second kappa shape index (κ2) is 8.01. The van der Waals surface area contributed by atoms with Crippen molar-refractivity contribution < 1.29 is 13.3 Å². The molecule has 27 heavy (non-hydrogen) atoms. The number of benzene rings is 2. The molecule has 6 aromatic rings. The van der Waals surface area contributed by atoms with Crippen LogP contribution >= 0.6 is 0 Å². The van der Waals surface area contributed by atoms with E-state index in [-0.39, 0.29) is 0 Å². The van der Waals surface area contributed by atoms with Crippen LogP contribution < -0.4 is 0 Å². The zero-order chi connectivity index (χ0) is 18.3. The van der Waals surface area contributed by atoms with Gasteiger partial charge in [0.2, 0.25) is 5.71 Å². The number of hydrogen-bond acceptors (Lipinski definition) is 5. The maximum Gasteiger partial charge on any atom is 0.228 e. The highest BCUT2D eigenvalue weighted by Gasteiger charge is 1.92. The number of rotatable bonds is 0. The van der Waals surface area contributed by atoms with Crippen molar-refractivity contribution in [3.8, 4) is 0 Å². The molecule has 0 aliphatic rings. The van der Waals surface area contributed by atoms with Gasteiger partial charge in [-0.05, 0) is 30.3 Å². The molecule has 4 aromatic heterocycles. The maximum atomic E-state index is 5.12. The molecule has 0 saturated heterocycles. The van der Waals surface area contributed by atoms with E-state index in [9.17, 15) is 0 Å². The van der Waals surface area contributed by atoms with Crippen LogP contribution in [0.15, 0.2) is 111 Å². The molecule has 0 radical (unpaired) electrons. The van der Waals surface area contributed by atoms with Crippen LogP contribution in [0.2, 0.25) is 0 Å². The molecule has 0 N–H and O–H groups in total. The van der Waals surface area contributed by atoms with E-state index < -0.39 is 0 Å². The van der Waals surface area contributed by atoms with Crippen LogP contribution in [-0.4, -0.2) is 9.97 Å². The second-order valence-corrected chi connectivity index (χ2v) is 5.62. The summed E-state index contributed by atoms with van der Waals surface area (Å²) < 4.78 is 15.2. The fourth-order valence-electron chi connectivity index (χ4n) is 2.53. The first kappa shape index (κ1) is 16.6. The summed E-state index contributed by atoms with van der Waals surface area (Å²) in [6, 6.07) is 21.6. The van der Waals surface area contributed by atoms with Crippen molar-refractivity contribution in [1.82, 2.24) is 9.97 Å². The standard InChI is InChI=1S/2C8H6O.C6H4N2O/c2*1-2-4-8-7(3-1)5-6-9-8;1-2-9-6-5(1)3-7-4-8-6/h2*1-6H;1-4H. The lowest BCUT2D eigenvalue weighted by atomic mass is 10.3. The average Bonchev–Trinajstić information content (AvgIpc) is 3.48. The molecule has 2 aromatic carbocycles. The van der Waals surface area contributed by atoms with Crippen molar-refractivity contribution in [1.29, 1.82) is 0 Å². The minimum absolute atomic E-state index is 0.644. The largest absolute Gasteiger partial charge is 0.464 e. The first-order valence-corrected chi connectivity index (χ1v) is 8.38. The predicted octanol–water partition coefficient (Wildman–Crippen LogP) is 6.09. The SMILES string of the molecule is c1ccc2occc2c1.c1ccc2occc2c1.c1ncc2ccoc2n1. The molecule has 4 heterocycles. The normalized spacial score (nSPS) is 10.2. The Morgan fingerprint density at radius 3 is 1.70 bits per heavy atom. The van der Waals surface area contributed by atoms with Crippen molar-refractivity contribution in [3.05, 3.63) is 98.0 Å². The monoisotopic (exact) mass is 356 g/mol. The van der Waals surface area contributed by atoms with Crippen LogP contribution in [0.3, 0.4) is 0 Å². The van der Waals surface area contributed by atoms with E-state index in [1.54, 1.807) is 25.0 Å². The highest BCUT2D eigenvalue weighted by molar-refractivity contribution is 5.77. The molecular formula is C22H16N2O3. The zero-order valence-electron chi connectivity index (χ0n) is 14.4. The molecule has 5 nitrogen and oxygen atoms in total. The minimum Gasteiger partial charge on any atom is -0.464 e. The number of hydrogen-bond donors (Lipinski definition) is 0. The minimum atomic E-state index is 0.644. The summed E-state index contributed by atoms with van der Waals surface area (Å²) in [7, 11) is 0. The number of aromatic nitrogens is 2. The summed E-state index contributed by atoms with van der Waals surface area (Å²) in [6.45, 7) is 0. The number of fused-ring (bicyclic) bond motifs is 3. The van der Waals surface area contributed by atoms with Gasteiger partial charge in [-0.1, -0.05) is 36.4 Å².